The molecule has 1 aliphatic rings. The molecule has 0 radical (unpaired) electrons. The van der Waals surface area contributed by atoms with E-state index in [1.165, 1.54) is 4.57 Å². The number of hydrogen-bond acceptors (Lipinski definition) is 4. The van der Waals surface area contributed by atoms with E-state index in [0.29, 0.717) is 30.2 Å². The molecule has 0 unspecified atom stereocenters. The Morgan fingerprint density at radius 3 is 2.68 bits per heavy atom. The second-order valence-corrected chi connectivity index (χ2v) is 6.07. The third-order valence-electron chi connectivity index (χ3n) is 4.43. The first-order chi connectivity index (χ1) is 10.6. The first-order valence-electron chi connectivity index (χ1n) is 7.98. The third-order valence-corrected chi connectivity index (χ3v) is 4.43. The van der Waals surface area contributed by atoms with Gasteiger partial charge in [-0.25, -0.2) is 9.78 Å². The van der Waals surface area contributed by atoms with Crippen LogP contribution in [0, 0.1) is 5.92 Å². The summed E-state index contributed by atoms with van der Waals surface area (Å²) in [5.41, 5.74) is 0.574. The lowest BCUT2D eigenvalue weighted by Gasteiger charge is -2.23. The third kappa shape index (κ3) is 2.49. The summed E-state index contributed by atoms with van der Waals surface area (Å²) < 4.78 is 4.76. The van der Waals surface area contributed by atoms with Crippen molar-refractivity contribution in [3.8, 4) is 0 Å². The van der Waals surface area contributed by atoms with Gasteiger partial charge in [0.25, 0.3) is 5.56 Å². The summed E-state index contributed by atoms with van der Waals surface area (Å²) in [5.74, 6) is 0.382. The van der Waals surface area contributed by atoms with Crippen molar-refractivity contribution in [2.24, 2.45) is 13.0 Å². The summed E-state index contributed by atoms with van der Waals surface area (Å²) in [5, 5.41) is 3.31. The van der Waals surface area contributed by atoms with Gasteiger partial charge in [0.05, 0.1) is 6.33 Å². The average Bonchev–Trinajstić information content (AvgIpc) is 2.91. The van der Waals surface area contributed by atoms with Crippen LogP contribution in [0.4, 0.5) is 0 Å². The van der Waals surface area contributed by atoms with Gasteiger partial charge in [0.2, 0.25) is 0 Å². The molecule has 0 bridgehead atoms. The number of imidazole rings is 1. The highest BCUT2D eigenvalue weighted by molar-refractivity contribution is 5.69. The van der Waals surface area contributed by atoms with Crippen LogP contribution in [0.2, 0.25) is 0 Å². The fourth-order valence-electron chi connectivity index (χ4n) is 3.22. The fourth-order valence-corrected chi connectivity index (χ4v) is 3.22. The van der Waals surface area contributed by atoms with Crippen molar-refractivity contribution in [1.29, 1.82) is 0 Å². The molecule has 3 rings (SSSR count). The molecule has 1 saturated heterocycles. The molecule has 1 N–H and O–H groups in total. The van der Waals surface area contributed by atoms with E-state index in [1.807, 2.05) is 6.92 Å². The first-order valence-corrected chi connectivity index (χ1v) is 7.98. The molecule has 0 aliphatic carbocycles. The van der Waals surface area contributed by atoms with Gasteiger partial charge in [-0.2, -0.15) is 0 Å². The minimum atomic E-state index is -0.225. The van der Waals surface area contributed by atoms with Gasteiger partial charge in [0, 0.05) is 20.1 Å². The van der Waals surface area contributed by atoms with Crippen molar-refractivity contribution >= 4 is 11.2 Å². The van der Waals surface area contributed by atoms with Gasteiger partial charge in [-0.3, -0.25) is 13.9 Å². The molecule has 120 valence electrons. The van der Waals surface area contributed by atoms with Gasteiger partial charge in [-0.15, -0.1) is 0 Å². The molecule has 2 aromatic heterocycles. The van der Waals surface area contributed by atoms with Gasteiger partial charge >= 0.3 is 5.69 Å². The van der Waals surface area contributed by atoms with Gasteiger partial charge in [-0.1, -0.05) is 6.92 Å². The van der Waals surface area contributed by atoms with Crippen molar-refractivity contribution < 1.29 is 0 Å². The summed E-state index contributed by atoms with van der Waals surface area (Å²) in [6, 6.07) is 0. The molecule has 0 aromatic carbocycles. The van der Waals surface area contributed by atoms with Crippen LogP contribution < -0.4 is 16.6 Å². The van der Waals surface area contributed by atoms with Crippen molar-refractivity contribution in [3.63, 3.8) is 0 Å². The van der Waals surface area contributed by atoms with E-state index in [-0.39, 0.29) is 11.2 Å². The van der Waals surface area contributed by atoms with E-state index in [9.17, 15) is 9.59 Å². The Balaban J connectivity index is 2.13. The molecular formula is C15H23N5O2. The van der Waals surface area contributed by atoms with E-state index < -0.39 is 0 Å². The molecule has 2 aromatic rings. The lowest BCUT2D eigenvalue weighted by Crippen LogP contribution is -2.43. The Hall–Kier alpha value is -1.89. The Kier molecular flexibility index (Phi) is 4.15. The molecule has 7 nitrogen and oxygen atoms in total. The quantitative estimate of drug-likeness (QED) is 0.882. The first kappa shape index (κ1) is 15.0. The van der Waals surface area contributed by atoms with Gasteiger partial charge in [0.1, 0.15) is 0 Å². The zero-order valence-corrected chi connectivity index (χ0v) is 13.2. The summed E-state index contributed by atoms with van der Waals surface area (Å²) in [7, 11) is 1.80. The highest BCUT2D eigenvalue weighted by Crippen LogP contribution is 2.13. The summed E-state index contributed by atoms with van der Waals surface area (Å²) in [6.45, 7) is 5.01. The Labute approximate surface area is 128 Å². The van der Waals surface area contributed by atoms with Crippen LogP contribution in [0.1, 0.15) is 26.2 Å². The topological polar surface area (TPSA) is 73.8 Å². The molecular weight excluding hydrogens is 282 g/mol. The molecule has 3 heterocycles. The van der Waals surface area contributed by atoms with Crippen LogP contribution in [-0.2, 0) is 20.1 Å². The van der Waals surface area contributed by atoms with Crippen LogP contribution in [0.5, 0.6) is 0 Å². The number of aromatic nitrogens is 4. The molecule has 1 fully saturated rings. The number of hydrogen-bond donors (Lipinski definition) is 1. The predicted octanol–water partition coefficient (Wildman–Crippen LogP) is 0.306. The second-order valence-electron chi connectivity index (χ2n) is 6.07. The number of aryl methyl sites for hydroxylation is 2. The molecule has 0 spiro atoms. The normalized spacial score (nSPS) is 16.5. The largest absolute Gasteiger partial charge is 0.332 e. The molecule has 22 heavy (non-hydrogen) atoms. The van der Waals surface area contributed by atoms with Crippen molar-refractivity contribution in [3.05, 3.63) is 27.2 Å². The minimum Gasteiger partial charge on any atom is -0.328 e. The highest BCUT2D eigenvalue weighted by atomic mass is 16.2. The zero-order chi connectivity index (χ0) is 15.7. The van der Waals surface area contributed by atoms with Gasteiger partial charge < -0.3 is 9.88 Å². The van der Waals surface area contributed by atoms with E-state index in [0.717, 1.165) is 32.4 Å². The molecule has 0 amide bonds. The van der Waals surface area contributed by atoms with Crippen LogP contribution in [0.3, 0.4) is 0 Å². The summed E-state index contributed by atoms with van der Waals surface area (Å²) in [4.78, 5) is 29.7. The average molecular weight is 305 g/mol. The number of nitrogens with one attached hydrogen (secondary N) is 1. The molecule has 1 aliphatic heterocycles. The van der Waals surface area contributed by atoms with E-state index in [1.54, 1.807) is 22.5 Å². The van der Waals surface area contributed by atoms with E-state index >= 15 is 0 Å². The maximum atomic E-state index is 12.7. The van der Waals surface area contributed by atoms with Gasteiger partial charge in [-0.05, 0) is 38.3 Å². The number of piperidine rings is 1. The summed E-state index contributed by atoms with van der Waals surface area (Å²) >= 11 is 0. The number of fused-ring (bicyclic) bond motifs is 1. The van der Waals surface area contributed by atoms with Crippen molar-refractivity contribution in [1.82, 2.24) is 24.0 Å². The van der Waals surface area contributed by atoms with Crippen LogP contribution >= 0.6 is 0 Å². The second kappa shape index (κ2) is 6.08. The maximum Gasteiger partial charge on any atom is 0.332 e. The van der Waals surface area contributed by atoms with Crippen LogP contribution in [0.15, 0.2) is 15.9 Å². The predicted molar refractivity (Wildman–Crippen MR) is 85.1 cm³/mol. The smallest absolute Gasteiger partial charge is 0.328 e. The summed E-state index contributed by atoms with van der Waals surface area (Å²) in [6.07, 6.45) is 4.44. The Bertz CT molecular complexity index is 780. The number of rotatable bonds is 4. The lowest BCUT2D eigenvalue weighted by molar-refractivity contribution is 0.322. The maximum absolute atomic E-state index is 12.7. The molecule has 0 saturated carbocycles. The Morgan fingerprint density at radius 2 is 2.00 bits per heavy atom. The standard InChI is InChI=1S/C15H23N5O2/c1-3-8-19-13-12(18(2)10-17-13)14(21)20(15(19)22)9-11-4-6-16-7-5-11/h10-11,16H,3-9H2,1-2H3. The highest BCUT2D eigenvalue weighted by Gasteiger charge is 2.20. The lowest BCUT2D eigenvalue weighted by atomic mass is 9.98. The molecule has 0 atom stereocenters. The van der Waals surface area contributed by atoms with Gasteiger partial charge in [0.15, 0.2) is 11.2 Å². The van der Waals surface area contributed by atoms with E-state index in [2.05, 4.69) is 10.3 Å². The Morgan fingerprint density at radius 1 is 1.27 bits per heavy atom. The van der Waals surface area contributed by atoms with Crippen LogP contribution in [0.25, 0.3) is 11.2 Å². The van der Waals surface area contributed by atoms with Crippen molar-refractivity contribution in [2.45, 2.75) is 39.3 Å². The van der Waals surface area contributed by atoms with Crippen LogP contribution in [-0.4, -0.2) is 31.8 Å². The van der Waals surface area contributed by atoms with E-state index in [4.69, 9.17) is 0 Å². The SMILES string of the molecule is CCCn1c(=O)n(CC2CCNCC2)c(=O)c2c1ncn2C. The van der Waals surface area contributed by atoms with Crippen molar-refractivity contribution in [2.75, 3.05) is 13.1 Å². The fraction of sp³-hybridized carbons (Fsp3) is 0.667. The monoisotopic (exact) mass is 305 g/mol. The zero-order valence-electron chi connectivity index (χ0n) is 13.2. The number of nitrogens with zero attached hydrogens (tertiary/aromatic N) is 4. The molecule has 7 heteroatoms. The minimum absolute atomic E-state index is 0.217.